The zero-order valence-electron chi connectivity index (χ0n) is 37.4. The Balaban J connectivity index is 0.833. The van der Waals surface area contributed by atoms with Gasteiger partial charge < -0.3 is 48.7 Å². The van der Waals surface area contributed by atoms with Crippen molar-refractivity contribution in [1.82, 2.24) is 5.32 Å². The Labute approximate surface area is 358 Å². The van der Waals surface area contributed by atoms with Gasteiger partial charge in [0.05, 0.1) is 48.8 Å². The molecule has 3 N–H and O–H groups in total. The molecule has 1 aliphatic carbocycles. The second-order valence-corrected chi connectivity index (χ2v) is 21.9. The first-order valence-corrected chi connectivity index (χ1v) is 23.9. The van der Waals surface area contributed by atoms with Gasteiger partial charge in [-0.05, 0) is 93.6 Å². The number of carboxylic acids is 1. The van der Waals surface area contributed by atoms with Gasteiger partial charge in [-0.1, -0.05) is 71.9 Å². The fourth-order valence-corrected chi connectivity index (χ4v) is 13.9. The molecule has 9 aliphatic rings. The van der Waals surface area contributed by atoms with Gasteiger partial charge in [0, 0.05) is 62.3 Å². The van der Waals surface area contributed by atoms with Crippen molar-refractivity contribution in [3.05, 3.63) is 36.0 Å². The number of nitrogens with one attached hydrogen (secondary N) is 1. The van der Waals surface area contributed by atoms with Crippen LogP contribution in [0.15, 0.2) is 36.0 Å². The monoisotopic (exact) mass is 838 g/mol. The molecule has 9 rings (SSSR count). The molecule has 0 radical (unpaired) electrons. The number of carbonyl (C=O) groups is 1. The number of piperidine rings is 1. The van der Waals surface area contributed by atoms with Crippen molar-refractivity contribution in [2.24, 2.45) is 41.4 Å². The van der Waals surface area contributed by atoms with Crippen LogP contribution >= 0.6 is 0 Å². The Kier molecular flexibility index (Phi) is 11.9. The molecular formula is C49H75NO10. The average molecular weight is 838 g/mol. The molecule has 1 saturated carbocycles. The van der Waals surface area contributed by atoms with E-state index in [1.165, 1.54) is 12.0 Å². The molecular weight excluding hydrogens is 763 g/mol. The number of aliphatic hydroxyl groups is 1. The summed E-state index contributed by atoms with van der Waals surface area (Å²) in [5.41, 5.74) is 2.32. The molecule has 2 bridgehead atoms. The summed E-state index contributed by atoms with van der Waals surface area (Å²) in [6.45, 7) is 21.6. The zero-order chi connectivity index (χ0) is 42.4. The fraction of sp³-hybridized carbons (Fsp3) is 0.857. The molecule has 3 spiro atoms. The molecule has 0 amide bonds. The third-order valence-electron chi connectivity index (χ3n) is 16.7. The van der Waals surface area contributed by atoms with E-state index in [1.54, 1.807) is 0 Å². The van der Waals surface area contributed by atoms with E-state index < -0.39 is 41.6 Å². The third-order valence-corrected chi connectivity index (χ3v) is 16.7. The Morgan fingerprint density at radius 3 is 2.47 bits per heavy atom. The van der Waals surface area contributed by atoms with E-state index >= 15 is 0 Å². The molecule has 336 valence electrons. The van der Waals surface area contributed by atoms with Gasteiger partial charge in [-0.3, -0.25) is 4.79 Å². The van der Waals surface area contributed by atoms with E-state index in [4.69, 9.17) is 44.8 Å². The smallest absolute Gasteiger partial charge is 0.303 e. The maximum atomic E-state index is 12.1. The highest BCUT2D eigenvalue weighted by Gasteiger charge is 2.63. The van der Waals surface area contributed by atoms with E-state index in [0.717, 1.165) is 50.6 Å². The molecule has 2 unspecified atom stereocenters. The van der Waals surface area contributed by atoms with Crippen molar-refractivity contribution in [2.75, 3.05) is 6.54 Å². The maximum Gasteiger partial charge on any atom is 0.303 e. The summed E-state index contributed by atoms with van der Waals surface area (Å²) < 4.78 is 48.4. The normalized spacial score (nSPS) is 51.8. The van der Waals surface area contributed by atoms with Crippen LogP contribution < -0.4 is 5.32 Å². The molecule has 8 fully saturated rings. The minimum Gasteiger partial charge on any atom is -0.481 e. The summed E-state index contributed by atoms with van der Waals surface area (Å²) in [5.74, 6) is -0.403. The van der Waals surface area contributed by atoms with Gasteiger partial charge in [-0.2, -0.15) is 0 Å². The molecule has 0 aromatic rings. The second-order valence-electron chi connectivity index (χ2n) is 21.9. The van der Waals surface area contributed by atoms with Crippen LogP contribution in [0.5, 0.6) is 0 Å². The van der Waals surface area contributed by atoms with Crippen LogP contribution in [-0.4, -0.2) is 101 Å². The van der Waals surface area contributed by atoms with E-state index in [-0.39, 0.29) is 66.3 Å². The van der Waals surface area contributed by atoms with Crippen LogP contribution in [0, 0.1) is 41.4 Å². The lowest BCUT2D eigenvalue weighted by molar-refractivity contribution is -0.366. The van der Waals surface area contributed by atoms with Crippen molar-refractivity contribution >= 4 is 5.97 Å². The fourth-order valence-electron chi connectivity index (χ4n) is 13.9. The summed E-state index contributed by atoms with van der Waals surface area (Å²) in [4.78, 5) is 11.0. The van der Waals surface area contributed by atoms with Crippen LogP contribution in [0.2, 0.25) is 0 Å². The summed E-state index contributed by atoms with van der Waals surface area (Å²) in [7, 11) is 0. The Morgan fingerprint density at radius 2 is 1.68 bits per heavy atom. The van der Waals surface area contributed by atoms with Crippen LogP contribution in [0.3, 0.4) is 0 Å². The SMILES string of the molecule is C=C(C[C@]12C[C@@H](C)C[C@@H](O1)[C@@H]1C[C@]3(C[C@H]1O2)NC[C@H](C)C[C@@H]3C)[C@H]1OC([C@H](O)C2C[C@H]3O[C@@]4(CC[C@]5(CC(C)=C[C@@H](/C=C/CCC(=O)O)O5)O4)[C@H](C)C[C@H]3O2)[C@H](C)C[C@@H]1C. The van der Waals surface area contributed by atoms with E-state index in [2.05, 4.69) is 59.9 Å². The lowest BCUT2D eigenvalue weighted by atomic mass is 9.74. The molecule has 11 heteroatoms. The van der Waals surface area contributed by atoms with Gasteiger partial charge in [0.2, 0.25) is 0 Å². The highest BCUT2D eigenvalue weighted by atomic mass is 16.8. The van der Waals surface area contributed by atoms with E-state index in [9.17, 15) is 9.90 Å². The van der Waals surface area contributed by atoms with Gasteiger partial charge in [-0.15, -0.1) is 0 Å². The molecule has 0 aromatic heterocycles. The average Bonchev–Trinajstić information content (AvgIpc) is 3.85. The van der Waals surface area contributed by atoms with Gasteiger partial charge in [0.25, 0.3) is 0 Å². The quantitative estimate of drug-likeness (QED) is 0.195. The number of rotatable bonds is 9. The Bertz CT molecular complexity index is 1690. The third kappa shape index (κ3) is 8.16. The molecule has 20 atom stereocenters. The van der Waals surface area contributed by atoms with Crippen LogP contribution in [0.1, 0.15) is 138 Å². The van der Waals surface area contributed by atoms with Gasteiger partial charge in [-0.25, -0.2) is 0 Å². The van der Waals surface area contributed by atoms with Crippen LogP contribution in [0.25, 0.3) is 0 Å². The first-order chi connectivity index (χ1) is 28.5. The van der Waals surface area contributed by atoms with Crippen molar-refractivity contribution in [3.63, 3.8) is 0 Å². The second kappa shape index (κ2) is 16.4. The van der Waals surface area contributed by atoms with Gasteiger partial charge in [0.15, 0.2) is 17.4 Å². The van der Waals surface area contributed by atoms with Crippen molar-refractivity contribution in [3.8, 4) is 0 Å². The first-order valence-electron chi connectivity index (χ1n) is 23.9. The van der Waals surface area contributed by atoms with E-state index in [0.29, 0.717) is 62.2 Å². The topological polar surface area (TPSA) is 134 Å². The predicted octanol–water partition coefficient (Wildman–Crippen LogP) is 7.99. The minimum absolute atomic E-state index is 0.0635. The first kappa shape index (κ1) is 43.6. The number of hydrogen-bond acceptors (Lipinski definition) is 10. The minimum atomic E-state index is -0.815. The van der Waals surface area contributed by atoms with Crippen LogP contribution in [0.4, 0.5) is 0 Å². The highest BCUT2D eigenvalue weighted by Crippen LogP contribution is 2.57. The molecule has 0 aromatic carbocycles. The number of carboxylic acid groups (broad SMARTS) is 1. The largest absolute Gasteiger partial charge is 0.481 e. The number of aliphatic carboxylic acids is 1. The van der Waals surface area contributed by atoms with Crippen molar-refractivity contribution < 1.29 is 48.2 Å². The van der Waals surface area contributed by atoms with E-state index in [1.807, 2.05) is 12.2 Å². The molecule has 11 nitrogen and oxygen atoms in total. The number of allylic oxidation sites excluding steroid dienone is 1. The van der Waals surface area contributed by atoms with Gasteiger partial charge >= 0.3 is 5.97 Å². The lowest BCUT2D eigenvalue weighted by Crippen LogP contribution is -2.57. The Hall–Kier alpha value is -1.67. The molecule has 8 heterocycles. The summed E-state index contributed by atoms with van der Waals surface area (Å²) in [6.07, 6.45) is 14.7. The molecule has 60 heavy (non-hydrogen) atoms. The predicted molar refractivity (Wildman–Crippen MR) is 226 cm³/mol. The summed E-state index contributed by atoms with van der Waals surface area (Å²) >= 11 is 0. The standard InChI is InChI=1S/C49H75NO10/c1-27-16-35(11-9-10-12-42(51)52)56-47(21-27)13-14-49(60-47)34(8)19-38-39(59-49)20-40(54-38)43(53)45-31(5)18-30(4)44(55-45)32(6)23-48-22-28(2)17-37(57-48)36-24-46(25-41(36)58-48)33(7)15-29(3)26-50-46/h9,11,16,28-31,33-41,43-45,50,53H,6,10,12-15,17-26H2,1-5,7-8H3,(H,51,52)/b11-9+/t28-,29+,30-,31+,33-,34+,35+,36-,37+,38+,39+,40?,41+,43+,44-,45?,46+,47+,48+,49+/m0/s1. The summed E-state index contributed by atoms with van der Waals surface area (Å²) in [5, 5.41) is 25.2. The number of hydrogen-bond donors (Lipinski definition) is 3. The summed E-state index contributed by atoms with van der Waals surface area (Å²) in [6, 6.07) is 0. The van der Waals surface area contributed by atoms with Crippen molar-refractivity contribution in [2.45, 2.75) is 216 Å². The number of fused-ring (bicyclic) bond motifs is 5. The Morgan fingerprint density at radius 1 is 0.883 bits per heavy atom. The lowest BCUT2D eigenvalue weighted by Gasteiger charge is -2.53. The van der Waals surface area contributed by atoms with Crippen molar-refractivity contribution in [1.29, 1.82) is 0 Å². The van der Waals surface area contributed by atoms with Gasteiger partial charge in [0.1, 0.15) is 6.10 Å². The molecule has 8 aliphatic heterocycles. The maximum absolute atomic E-state index is 12.1. The zero-order valence-corrected chi connectivity index (χ0v) is 37.4. The molecule has 7 saturated heterocycles. The van der Waals surface area contributed by atoms with Crippen LogP contribution in [-0.2, 0) is 38.0 Å². The number of ether oxygens (including phenoxy) is 7. The number of aliphatic hydroxyl groups excluding tert-OH is 1. The highest BCUT2D eigenvalue weighted by molar-refractivity contribution is 5.66.